The predicted octanol–water partition coefficient (Wildman–Crippen LogP) is 3.28. The zero-order chi connectivity index (χ0) is 15.6. The number of carbonyl (C=O) groups is 1. The summed E-state index contributed by atoms with van der Waals surface area (Å²) in [6.45, 7) is 6.42. The van der Waals surface area contributed by atoms with Gasteiger partial charge in [0.25, 0.3) is 0 Å². The monoisotopic (exact) mass is 296 g/mol. The molecule has 5 bridgehead atoms. The number of allylic oxidation sites excluding steroid dienone is 5. The Morgan fingerprint density at radius 3 is 2.91 bits per heavy atom. The number of rotatable bonds is 1. The molecule has 0 aromatic carbocycles. The molecule has 3 nitrogen and oxygen atoms in total. The van der Waals surface area contributed by atoms with Crippen LogP contribution in [0, 0.1) is 11.3 Å². The maximum absolute atomic E-state index is 12.3. The van der Waals surface area contributed by atoms with Crippen molar-refractivity contribution in [1.29, 1.82) is 0 Å². The van der Waals surface area contributed by atoms with E-state index >= 15 is 0 Å². The molecule has 1 N–H and O–H groups in total. The smallest absolute Gasteiger partial charge is 0.161 e. The molecule has 0 saturated carbocycles. The van der Waals surface area contributed by atoms with E-state index in [4.69, 9.17) is 0 Å². The lowest BCUT2D eigenvalue weighted by Crippen LogP contribution is -2.43. The molecule has 3 atom stereocenters. The van der Waals surface area contributed by atoms with Crippen LogP contribution in [0.25, 0.3) is 0 Å². The second kappa shape index (κ2) is 4.37. The van der Waals surface area contributed by atoms with Crippen molar-refractivity contribution in [3.63, 3.8) is 0 Å². The van der Waals surface area contributed by atoms with Gasteiger partial charge in [-0.1, -0.05) is 25.5 Å². The van der Waals surface area contributed by atoms with Gasteiger partial charge in [0, 0.05) is 36.0 Å². The minimum absolute atomic E-state index is 0.0178. The Bertz CT molecular complexity index is 694. The third-order valence-corrected chi connectivity index (χ3v) is 6.48. The molecule has 0 saturated heterocycles. The zero-order valence-electron chi connectivity index (χ0n) is 13.9. The maximum Gasteiger partial charge on any atom is 0.161 e. The molecule has 4 rings (SSSR count). The number of ketones is 1. The van der Waals surface area contributed by atoms with Crippen LogP contribution in [0.4, 0.5) is 0 Å². The molecule has 0 amide bonds. The Morgan fingerprint density at radius 2 is 2.18 bits per heavy atom. The van der Waals surface area contributed by atoms with E-state index in [1.165, 1.54) is 22.4 Å². The summed E-state index contributed by atoms with van der Waals surface area (Å²) in [5.74, 6) is 0.689. The predicted molar refractivity (Wildman–Crippen MR) is 87.8 cm³/mol. The number of Topliss-reactive ketones (excluding diaryl/α,β-unsaturated/α-hetero) is 1. The first kappa shape index (κ1) is 13.9. The summed E-state index contributed by atoms with van der Waals surface area (Å²) in [5, 5.41) is 3.22. The van der Waals surface area contributed by atoms with Crippen LogP contribution in [0.15, 0.2) is 46.5 Å². The number of hydrogen-bond acceptors (Lipinski definition) is 3. The average Bonchev–Trinajstić information content (AvgIpc) is 2.77. The normalized spacial score (nSPS) is 36.0. The van der Waals surface area contributed by atoms with Gasteiger partial charge in [0.1, 0.15) is 0 Å². The average molecular weight is 296 g/mol. The summed E-state index contributed by atoms with van der Waals surface area (Å²) in [4.78, 5) is 14.8. The fraction of sp³-hybridized carbons (Fsp3) is 0.526. The molecule has 0 fully saturated rings. The number of hydrogen-bond donors (Lipinski definition) is 1. The molecule has 116 valence electrons. The molecule has 3 unspecified atom stereocenters. The molecular weight excluding hydrogens is 272 g/mol. The number of nitrogens with one attached hydrogen (secondary N) is 1. The van der Waals surface area contributed by atoms with E-state index in [0.29, 0.717) is 12.0 Å². The number of carbonyl (C=O) groups excluding carboxylic acids is 1. The number of nitrogens with zero attached hydrogens (tertiary/aromatic N) is 1. The molecule has 0 radical (unpaired) electrons. The van der Waals surface area contributed by atoms with E-state index in [9.17, 15) is 4.79 Å². The van der Waals surface area contributed by atoms with Crippen molar-refractivity contribution in [3.8, 4) is 0 Å². The summed E-state index contributed by atoms with van der Waals surface area (Å²) >= 11 is 0. The first-order valence-corrected chi connectivity index (χ1v) is 8.29. The highest BCUT2D eigenvalue weighted by atomic mass is 16.1. The van der Waals surface area contributed by atoms with E-state index in [2.05, 4.69) is 37.2 Å². The second-order valence-electron chi connectivity index (χ2n) is 7.35. The Balaban J connectivity index is 2.07. The van der Waals surface area contributed by atoms with Crippen LogP contribution in [0.5, 0.6) is 0 Å². The van der Waals surface area contributed by atoms with Crippen molar-refractivity contribution in [1.82, 2.24) is 10.2 Å². The lowest BCUT2D eigenvalue weighted by molar-refractivity contribution is -0.113. The first-order chi connectivity index (χ1) is 10.4. The van der Waals surface area contributed by atoms with Crippen LogP contribution >= 0.6 is 0 Å². The number of likely N-dealkylation sites (tertiary alicyclic amines) is 1. The SMILES string of the molecule is CC(=O)C1=CNC=CC2(C)C3=C1C1=C(CC3)N(C)C(C1)C2C. The van der Waals surface area contributed by atoms with Gasteiger partial charge in [-0.25, -0.2) is 0 Å². The first-order valence-electron chi connectivity index (χ1n) is 8.29. The van der Waals surface area contributed by atoms with Crippen molar-refractivity contribution in [3.05, 3.63) is 46.5 Å². The van der Waals surface area contributed by atoms with Gasteiger partial charge in [0.2, 0.25) is 0 Å². The van der Waals surface area contributed by atoms with Crippen molar-refractivity contribution in [2.24, 2.45) is 11.3 Å². The second-order valence-corrected chi connectivity index (χ2v) is 7.35. The van der Waals surface area contributed by atoms with Gasteiger partial charge in [0.15, 0.2) is 5.78 Å². The third kappa shape index (κ3) is 1.54. The van der Waals surface area contributed by atoms with E-state index < -0.39 is 0 Å². The van der Waals surface area contributed by atoms with E-state index in [0.717, 1.165) is 24.8 Å². The minimum atomic E-state index is 0.0178. The molecular formula is C19H24N2O. The standard InChI is InChI=1S/C19H24N2O/c1-11-17-9-13-16(21(17)4)6-5-15-18(13)14(12(2)22)10-20-8-7-19(11,15)3/h7-8,10-11,17,20H,5-6,9H2,1-4H3. The van der Waals surface area contributed by atoms with Crippen LogP contribution in [0.3, 0.4) is 0 Å². The summed E-state index contributed by atoms with van der Waals surface area (Å²) in [7, 11) is 2.24. The summed E-state index contributed by atoms with van der Waals surface area (Å²) in [5.41, 5.74) is 6.52. The van der Waals surface area contributed by atoms with Crippen LogP contribution in [0.1, 0.15) is 40.0 Å². The molecule has 3 heteroatoms. The zero-order valence-corrected chi connectivity index (χ0v) is 13.9. The topological polar surface area (TPSA) is 32.3 Å². The molecule has 2 aliphatic heterocycles. The molecule has 0 spiro atoms. The summed E-state index contributed by atoms with van der Waals surface area (Å²) < 4.78 is 0. The van der Waals surface area contributed by atoms with Crippen LogP contribution in [-0.4, -0.2) is 23.8 Å². The summed E-state index contributed by atoms with van der Waals surface area (Å²) in [6.07, 6.45) is 9.51. The van der Waals surface area contributed by atoms with E-state index in [1.54, 1.807) is 6.92 Å². The number of fused-ring (bicyclic) bond motifs is 1. The van der Waals surface area contributed by atoms with Crippen LogP contribution < -0.4 is 5.32 Å². The highest BCUT2D eigenvalue weighted by Crippen LogP contribution is 2.57. The maximum atomic E-state index is 12.3. The lowest BCUT2D eigenvalue weighted by Gasteiger charge is -2.46. The van der Waals surface area contributed by atoms with Gasteiger partial charge in [0.05, 0.1) is 0 Å². The third-order valence-electron chi connectivity index (χ3n) is 6.48. The molecule has 22 heavy (non-hydrogen) atoms. The van der Waals surface area contributed by atoms with E-state index in [1.807, 2.05) is 12.4 Å². The molecule has 0 aromatic heterocycles. The molecule has 4 aliphatic rings. The van der Waals surface area contributed by atoms with Gasteiger partial charge in [-0.3, -0.25) is 4.79 Å². The van der Waals surface area contributed by atoms with Crippen molar-refractivity contribution >= 4 is 5.78 Å². The molecule has 2 heterocycles. The lowest BCUT2D eigenvalue weighted by atomic mass is 9.65. The van der Waals surface area contributed by atoms with E-state index in [-0.39, 0.29) is 11.2 Å². The molecule has 2 aliphatic carbocycles. The van der Waals surface area contributed by atoms with Gasteiger partial charge >= 0.3 is 0 Å². The van der Waals surface area contributed by atoms with Crippen LogP contribution in [0.2, 0.25) is 0 Å². The fourth-order valence-electron chi connectivity index (χ4n) is 5.01. The Kier molecular flexibility index (Phi) is 2.76. The van der Waals surface area contributed by atoms with Crippen LogP contribution in [-0.2, 0) is 4.79 Å². The van der Waals surface area contributed by atoms with Gasteiger partial charge in [-0.2, -0.15) is 0 Å². The quantitative estimate of drug-likeness (QED) is 0.806. The fourth-order valence-corrected chi connectivity index (χ4v) is 5.01. The Labute approximate surface area is 132 Å². The molecule has 0 aromatic rings. The van der Waals surface area contributed by atoms with Gasteiger partial charge in [-0.05, 0) is 49.5 Å². The minimum Gasteiger partial charge on any atom is -0.374 e. The Hall–Kier alpha value is -1.77. The van der Waals surface area contributed by atoms with Crippen molar-refractivity contribution in [2.75, 3.05) is 7.05 Å². The van der Waals surface area contributed by atoms with Crippen molar-refractivity contribution in [2.45, 2.75) is 46.1 Å². The summed E-state index contributed by atoms with van der Waals surface area (Å²) in [6, 6.07) is 0.541. The Morgan fingerprint density at radius 1 is 1.41 bits per heavy atom. The highest BCUT2D eigenvalue weighted by molar-refractivity contribution is 5.99. The largest absolute Gasteiger partial charge is 0.374 e. The highest BCUT2D eigenvalue weighted by Gasteiger charge is 2.50. The van der Waals surface area contributed by atoms with Crippen molar-refractivity contribution < 1.29 is 4.79 Å². The van der Waals surface area contributed by atoms with Gasteiger partial charge < -0.3 is 10.2 Å². The van der Waals surface area contributed by atoms with Gasteiger partial charge in [-0.15, -0.1) is 0 Å².